The number of hydrogen-bond donors (Lipinski definition) is 3. The molecule has 9 nitrogen and oxygen atoms in total. The first kappa shape index (κ1) is 26.9. The van der Waals surface area contributed by atoms with Crippen molar-refractivity contribution in [2.45, 2.75) is 33.3 Å². The minimum Gasteiger partial charge on any atom is -0.372 e. The van der Waals surface area contributed by atoms with E-state index in [1.165, 1.54) is 5.69 Å². The van der Waals surface area contributed by atoms with Crippen LogP contribution in [0.5, 0.6) is 0 Å². The first-order valence-corrected chi connectivity index (χ1v) is 14.5. The van der Waals surface area contributed by atoms with Crippen LogP contribution in [0.3, 0.4) is 0 Å². The predicted octanol–water partition coefficient (Wildman–Crippen LogP) is 7.29. The summed E-state index contributed by atoms with van der Waals surface area (Å²) in [6, 6.07) is 22.6. The third-order valence-corrected chi connectivity index (χ3v) is 7.66. The molecule has 1 saturated heterocycles. The fraction of sp³-hybridized carbons (Fsp3) is 0.235. The quantitative estimate of drug-likeness (QED) is 0.192. The Balaban J connectivity index is 1.12. The molecule has 1 fully saturated rings. The number of hydrogen-bond acceptors (Lipinski definition) is 8. The van der Waals surface area contributed by atoms with Crippen LogP contribution in [0.25, 0.3) is 33.5 Å². The van der Waals surface area contributed by atoms with Crippen molar-refractivity contribution in [3.8, 4) is 11.5 Å². The number of morpholine rings is 1. The zero-order valence-corrected chi connectivity index (χ0v) is 24.8. The number of nitrogens with zero attached hydrogens (tertiary/aromatic N) is 5. The van der Waals surface area contributed by atoms with Gasteiger partial charge in [-0.3, -0.25) is 15.0 Å². The van der Waals surface area contributed by atoms with Gasteiger partial charge in [-0.1, -0.05) is 0 Å². The molecule has 1 aliphatic heterocycles. The summed E-state index contributed by atoms with van der Waals surface area (Å²) in [7, 11) is 0. The molecule has 3 N–H and O–H groups in total. The molecule has 2 aromatic carbocycles. The summed E-state index contributed by atoms with van der Waals surface area (Å²) in [6.07, 6.45) is 3.65. The van der Waals surface area contributed by atoms with Gasteiger partial charge in [0.15, 0.2) is 5.82 Å². The van der Waals surface area contributed by atoms with Crippen LogP contribution < -0.4 is 15.5 Å². The maximum absolute atomic E-state index is 5.93. The van der Waals surface area contributed by atoms with Gasteiger partial charge in [0.05, 0.1) is 40.6 Å². The van der Waals surface area contributed by atoms with Gasteiger partial charge in [0.25, 0.3) is 0 Å². The van der Waals surface area contributed by atoms with Crippen molar-refractivity contribution in [1.29, 1.82) is 0 Å². The van der Waals surface area contributed by atoms with Crippen molar-refractivity contribution in [2.24, 2.45) is 0 Å². The summed E-state index contributed by atoms with van der Waals surface area (Å²) >= 11 is 0. The molecular formula is C34H34N8O. The average Bonchev–Trinajstić information content (AvgIpc) is 3.40. The normalized spacial score (nSPS) is 14.7. The minimum atomic E-state index is -0.175. The highest BCUT2D eigenvalue weighted by molar-refractivity contribution is 5.95. The molecule has 4 aromatic heterocycles. The van der Waals surface area contributed by atoms with Gasteiger partial charge < -0.3 is 25.3 Å². The molecule has 0 bridgehead atoms. The molecule has 43 heavy (non-hydrogen) atoms. The van der Waals surface area contributed by atoms with Gasteiger partial charge in [0.2, 0.25) is 0 Å². The fourth-order valence-corrected chi connectivity index (χ4v) is 5.65. The molecule has 7 rings (SSSR count). The smallest absolute Gasteiger partial charge is 0.157 e. The maximum atomic E-state index is 5.93. The lowest BCUT2D eigenvalue weighted by atomic mass is 10.1. The van der Waals surface area contributed by atoms with Crippen LogP contribution in [-0.4, -0.2) is 50.2 Å². The number of rotatable bonds is 6. The van der Waals surface area contributed by atoms with Crippen LogP contribution in [0.2, 0.25) is 0 Å². The predicted molar refractivity (Wildman–Crippen MR) is 174 cm³/mol. The molecule has 0 unspecified atom stereocenters. The summed E-state index contributed by atoms with van der Waals surface area (Å²) < 4.78 is 5.93. The Morgan fingerprint density at radius 1 is 0.814 bits per heavy atom. The van der Waals surface area contributed by atoms with Crippen LogP contribution in [0.15, 0.2) is 79.1 Å². The topological polar surface area (TPSA) is 104 Å². The molecule has 1 aliphatic rings. The van der Waals surface area contributed by atoms with Crippen molar-refractivity contribution < 1.29 is 4.74 Å². The first-order chi connectivity index (χ1) is 20.8. The zero-order chi connectivity index (χ0) is 29.6. The van der Waals surface area contributed by atoms with Crippen molar-refractivity contribution in [3.05, 3.63) is 90.5 Å². The Bertz CT molecular complexity index is 1950. The summed E-state index contributed by atoms with van der Waals surface area (Å²) in [5.74, 6) is 0.724. The number of nitrogens with one attached hydrogen (secondary N) is 3. The lowest BCUT2D eigenvalue weighted by molar-refractivity contribution is -0.0276. The van der Waals surface area contributed by atoms with Crippen molar-refractivity contribution in [2.75, 3.05) is 35.2 Å². The second-order valence-corrected chi connectivity index (χ2v) is 11.7. The van der Waals surface area contributed by atoms with E-state index in [1.807, 2.05) is 56.4 Å². The van der Waals surface area contributed by atoms with E-state index >= 15 is 0 Å². The highest BCUT2D eigenvalue weighted by Gasteiger charge is 2.27. The van der Waals surface area contributed by atoms with Crippen LogP contribution in [0, 0.1) is 13.8 Å². The number of aryl methyl sites for hydroxylation is 2. The second kappa shape index (κ2) is 10.7. The number of fused-ring (bicyclic) bond motifs is 2. The monoisotopic (exact) mass is 570 g/mol. The van der Waals surface area contributed by atoms with E-state index in [-0.39, 0.29) is 5.60 Å². The van der Waals surface area contributed by atoms with Crippen LogP contribution in [0.1, 0.15) is 25.2 Å². The van der Waals surface area contributed by atoms with E-state index in [0.717, 1.165) is 87.3 Å². The molecule has 0 spiro atoms. The molecule has 5 heterocycles. The van der Waals surface area contributed by atoms with Gasteiger partial charge in [-0.25, -0.2) is 4.98 Å². The Morgan fingerprint density at radius 2 is 1.65 bits per heavy atom. The Labute approximate surface area is 250 Å². The SMILES string of the molecule is Cc1cc(Nc2ccc3nc(-c4ccc(Nc5cc(C)nc6ccc(N7CCOC(C)(C)C7)cc56)cn4)[nH]c3c2)ccn1. The summed E-state index contributed by atoms with van der Waals surface area (Å²) in [4.78, 5) is 24.4. The van der Waals surface area contributed by atoms with Gasteiger partial charge in [-0.05, 0) is 94.4 Å². The Hall–Kier alpha value is -5.02. The highest BCUT2D eigenvalue weighted by Crippen LogP contribution is 2.32. The summed E-state index contributed by atoms with van der Waals surface area (Å²) in [6.45, 7) is 10.7. The van der Waals surface area contributed by atoms with Crippen LogP contribution in [0.4, 0.5) is 28.4 Å². The van der Waals surface area contributed by atoms with E-state index in [2.05, 4.69) is 69.7 Å². The van der Waals surface area contributed by atoms with Gasteiger partial charge in [0, 0.05) is 58.8 Å². The molecular weight excluding hydrogens is 536 g/mol. The zero-order valence-electron chi connectivity index (χ0n) is 24.8. The van der Waals surface area contributed by atoms with E-state index < -0.39 is 0 Å². The molecule has 0 amide bonds. The number of anilines is 5. The number of benzene rings is 2. The molecule has 9 heteroatoms. The Morgan fingerprint density at radius 3 is 2.47 bits per heavy atom. The number of ether oxygens (including phenoxy) is 1. The standard InChI is InChI=1S/C34H34N8O/c1-21-15-24(11-12-35-21)38-23-5-8-29-32(17-23)41-33(40-29)30-9-6-25(19-36-30)39-31-16-22(2)37-28-10-7-26(18-27(28)31)42-13-14-43-34(3,4)20-42/h5-12,15-19H,13-14,20H2,1-4H3,(H,35,38)(H,37,39)(H,40,41). The van der Waals surface area contributed by atoms with Gasteiger partial charge >= 0.3 is 0 Å². The van der Waals surface area contributed by atoms with Crippen LogP contribution in [-0.2, 0) is 4.74 Å². The van der Waals surface area contributed by atoms with Gasteiger partial charge in [-0.2, -0.15) is 0 Å². The highest BCUT2D eigenvalue weighted by atomic mass is 16.5. The molecule has 0 radical (unpaired) electrons. The number of H-pyrrole nitrogens is 1. The molecule has 0 saturated carbocycles. The fourth-order valence-electron chi connectivity index (χ4n) is 5.65. The van der Waals surface area contributed by atoms with E-state index in [9.17, 15) is 0 Å². The van der Waals surface area contributed by atoms with Gasteiger partial charge in [-0.15, -0.1) is 0 Å². The third kappa shape index (κ3) is 5.72. The second-order valence-electron chi connectivity index (χ2n) is 11.7. The molecule has 6 aromatic rings. The van der Waals surface area contributed by atoms with Crippen molar-refractivity contribution in [1.82, 2.24) is 24.9 Å². The van der Waals surface area contributed by atoms with Gasteiger partial charge in [0.1, 0.15) is 5.69 Å². The first-order valence-electron chi connectivity index (χ1n) is 14.5. The lowest BCUT2D eigenvalue weighted by Crippen LogP contribution is -2.48. The maximum Gasteiger partial charge on any atom is 0.157 e. The number of aromatic amines is 1. The summed E-state index contributed by atoms with van der Waals surface area (Å²) in [5, 5.41) is 8.09. The van der Waals surface area contributed by atoms with E-state index in [0.29, 0.717) is 0 Å². The molecule has 0 atom stereocenters. The largest absolute Gasteiger partial charge is 0.372 e. The van der Waals surface area contributed by atoms with Crippen molar-refractivity contribution >= 4 is 50.4 Å². The molecule has 216 valence electrons. The van der Waals surface area contributed by atoms with Crippen molar-refractivity contribution in [3.63, 3.8) is 0 Å². The lowest BCUT2D eigenvalue weighted by Gasteiger charge is -2.39. The number of aromatic nitrogens is 5. The summed E-state index contributed by atoms with van der Waals surface area (Å²) in [5.41, 5.74) is 10.3. The minimum absolute atomic E-state index is 0.175. The average molecular weight is 571 g/mol. The number of pyridine rings is 3. The third-order valence-electron chi connectivity index (χ3n) is 7.66. The number of imidazole rings is 1. The van der Waals surface area contributed by atoms with E-state index in [1.54, 1.807) is 6.20 Å². The van der Waals surface area contributed by atoms with Crippen LogP contribution >= 0.6 is 0 Å². The van der Waals surface area contributed by atoms with E-state index in [4.69, 9.17) is 19.7 Å². The Kier molecular flexibility index (Phi) is 6.66. The molecule has 0 aliphatic carbocycles.